The molecule has 0 amide bonds. The zero-order chi connectivity index (χ0) is 20.7. The largest absolute Gasteiger partial charge is 0.465 e. The van der Waals surface area contributed by atoms with E-state index in [1.807, 2.05) is 6.92 Å². The first-order valence-electron chi connectivity index (χ1n) is 12.5. The second-order valence-electron chi connectivity index (χ2n) is 8.34. The van der Waals surface area contributed by atoms with Crippen molar-refractivity contribution in [3.8, 4) is 0 Å². The molecule has 168 valence electrons. The van der Waals surface area contributed by atoms with E-state index in [1.54, 1.807) is 11.8 Å². The highest BCUT2D eigenvalue weighted by atomic mass is 32.2. The van der Waals surface area contributed by atoms with Gasteiger partial charge in [-0.2, -0.15) is 0 Å². The zero-order valence-corrected chi connectivity index (χ0v) is 20.3. The lowest BCUT2D eigenvalue weighted by molar-refractivity contribution is -0.142. The molecule has 0 bridgehead atoms. The average Bonchev–Trinajstić information content (AvgIpc) is 2.70. The van der Waals surface area contributed by atoms with E-state index in [2.05, 4.69) is 13.8 Å². The molecule has 0 radical (unpaired) electrons. The van der Waals surface area contributed by atoms with Crippen molar-refractivity contribution in [3.05, 3.63) is 0 Å². The van der Waals surface area contributed by atoms with Crippen LogP contribution in [0, 0.1) is 0 Å². The van der Waals surface area contributed by atoms with E-state index in [4.69, 9.17) is 4.74 Å². The number of hydrogen-bond acceptors (Lipinski definition) is 3. The fourth-order valence-corrected chi connectivity index (χ4v) is 4.34. The highest BCUT2D eigenvalue weighted by Gasteiger charge is 2.13. The van der Waals surface area contributed by atoms with Crippen LogP contribution in [0.1, 0.15) is 136 Å². The highest BCUT2D eigenvalue weighted by Crippen LogP contribution is 2.17. The molecule has 0 aliphatic heterocycles. The van der Waals surface area contributed by atoms with Gasteiger partial charge in [-0.3, -0.25) is 4.79 Å². The molecular formula is C25H50O2S. The van der Waals surface area contributed by atoms with E-state index in [0.29, 0.717) is 6.61 Å². The van der Waals surface area contributed by atoms with Crippen molar-refractivity contribution in [2.75, 3.05) is 12.4 Å². The summed E-state index contributed by atoms with van der Waals surface area (Å²) in [5.41, 5.74) is 0. The monoisotopic (exact) mass is 414 g/mol. The fourth-order valence-electron chi connectivity index (χ4n) is 3.41. The predicted octanol–water partition coefficient (Wildman–Crippen LogP) is 8.71. The van der Waals surface area contributed by atoms with Gasteiger partial charge < -0.3 is 4.74 Å². The molecule has 1 atom stereocenters. The summed E-state index contributed by atoms with van der Waals surface area (Å²) in [5, 5.41) is -0.00630. The van der Waals surface area contributed by atoms with Crippen LogP contribution < -0.4 is 0 Å². The van der Waals surface area contributed by atoms with Gasteiger partial charge in [0.15, 0.2) is 0 Å². The predicted molar refractivity (Wildman–Crippen MR) is 127 cm³/mol. The number of ether oxygens (including phenoxy) is 1. The average molecular weight is 415 g/mol. The van der Waals surface area contributed by atoms with Crippen LogP contribution in [0.2, 0.25) is 0 Å². The second kappa shape index (κ2) is 23.1. The van der Waals surface area contributed by atoms with Gasteiger partial charge >= 0.3 is 5.97 Å². The Bertz CT molecular complexity index is 320. The first kappa shape index (κ1) is 27.8. The van der Waals surface area contributed by atoms with Gasteiger partial charge in [0.05, 0.1) is 11.9 Å². The lowest BCUT2D eigenvalue weighted by Crippen LogP contribution is -2.18. The molecule has 0 heterocycles. The van der Waals surface area contributed by atoms with Crippen LogP contribution in [0.4, 0.5) is 0 Å². The fraction of sp³-hybridized carbons (Fsp3) is 0.960. The summed E-state index contributed by atoms with van der Waals surface area (Å²) in [6.45, 7) is 6.96. The Morgan fingerprint density at radius 3 is 1.46 bits per heavy atom. The number of thioether (sulfide) groups is 1. The Morgan fingerprint density at radius 1 is 0.643 bits per heavy atom. The van der Waals surface area contributed by atoms with Crippen LogP contribution in [0.25, 0.3) is 0 Å². The number of hydrogen-bond donors (Lipinski definition) is 0. The van der Waals surface area contributed by atoms with Gasteiger partial charge in [-0.05, 0) is 25.5 Å². The van der Waals surface area contributed by atoms with Gasteiger partial charge in [0, 0.05) is 0 Å². The summed E-state index contributed by atoms with van der Waals surface area (Å²) >= 11 is 1.75. The Balaban J connectivity index is 3.18. The topological polar surface area (TPSA) is 26.3 Å². The van der Waals surface area contributed by atoms with Gasteiger partial charge in [-0.15, -0.1) is 11.8 Å². The van der Waals surface area contributed by atoms with Crippen molar-refractivity contribution in [2.45, 2.75) is 142 Å². The zero-order valence-electron chi connectivity index (χ0n) is 19.4. The van der Waals surface area contributed by atoms with Gasteiger partial charge in [0.1, 0.15) is 0 Å². The molecule has 0 aliphatic rings. The van der Waals surface area contributed by atoms with Gasteiger partial charge in [0.25, 0.3) is 0 Å². The van der Waals surface area contributed by atoms with Crippen LogP contribution in [-0.4, -0.2) is 23.6 Å². The molecule has 3 heteroatoms. The van der Waals surface area contributed by atoms with Crippen molar-refractivity contribution in [1.29, 1.82) is 0 Å². The van der Waals surface area contributed by atoms with Crippen LogP contribution >= 0.6 is 11.8 Å². The first-order valence-corrected chi connectivity index (χ1v) is 13.6. The summed E-state index contributed by atoms with van der Waals surface area (Å²) in [6, 6.07) is 0. The number of carbonyl (C=O) groups is 1. The Morgan fingerprint density at radius 2 is 1.04 bits per heavy atom. The summed E-state index contributed by atoms with van der Waals surface area (Å²) in [5.74, 6) is 1.05. The third-order valence-corrected chi connectivity index (χ3v) is 6.66. The maximum Gasteiger partial charge on any atom is 0.318 e. The van der Waals surface area contributed by atoms with Crippen LogP contribution in [0.3, 0.4) is 0 Å². The smallest absolute Gasteiger partial charge is 0.318 e. The van der Waals surface area contributed by atoms with Crippen molar-refractivity contribution in [2.24, 2.45) is 0 Å². The van der Waals surface area contributed by atoms with Crippen LogP contribution in [0.15, 0.2) is 0 Å². The number of rotatable bonds is 22. The molecule has 0 fully saturated rings. The Kier molecular flexibility index (Phi) is 23.0. The van der Waals surface area contributed by atoms with Crippen molar-refractivity contribution < 1.29 is 9.53 Å². The number of carbonyl (C=O) groups excluding carboxylic acids is 1. The molecule has 0 rings (SSSR count). The number of esters is 1. The van der Waals surface area contributed by atoms with E-state index >= 15 is 0 Å². The van der Waals surface area contributed by atoms with Gasteiger partial charge in [-0.1, -0.05) is 117 Å². The molecule has 0 saturated heterocycles. The maximum absolute atomic E-state index is 11.8. The molecule has 0 saturated carbocycles. The normalized spacial score (nSPS) is 12.2. The van der Waals surface area contributed by atoms with E-state index in [0.717, 1.165) is 18.6 Å². The highest BCUT2D eigenvalue weighted by molar-refractivity contribution is 8.00. The summed E-state index contributed by atoms with van der Waals surface area (Å²) in [6.07, 6.45) is 24.5. The van der Waals surface area contributed by atoms with Gasteiger partial charge in [-0.25, -0.2) is 0 Å². The standard InChI is InChI=1S/C25H50O2S/c1-4-6-8-9-10-11-12-13-14-15-16-17-18-19-20-21-23-28-24(3)25(26)27-22-7-5-2/h24H,4-23H2,1-3H3. The van der Waals surface area contributed by atoms with Crippen LogP contribution in [-0.2, 0) is 9.53 Å². The maximum atomic E-state index is 11.8. The molecule has 2 nitrogen and oxygen atoms in total. The second-order valence-corrected chi connectivity index (χ2v) is 9.79. The van der Waals surface area contributed by atoms with E-state index < -0.39 is 0 Å². The van der Waals surface area contributed by atoms with Crippen molar-refractivity contribution in [1.82, 2.24) is 0 Å². The molecule has 0 aliphatic carbocycles. The van der Waals surface area contributed by atoms with E-state index in [1.165, 1.54) is 103 Å². The summed E-state index contributed by atoms with van der Waals surface area (Å²) in [4.78, 5) is 11.8. The minimum Gasteiger partial charge on any atom is -0.465 e. The molecule has 28 heavy (non-hydrogen) atoms. The summed E-state index contributed by atoms with van der Waals surface area (Å²) < 4.78 is 5.27. The van der Waals surface area contributed by atoms with Crippen molar-refractivity contribution in [3.63, 3.8) is 0 Å². The summed E-state index contributed by atoms with van der Waals surface area (Å²) in [7, 11) is 0. The molecule has 0 aromatic carbocycles. The van der Waals surface area contributed by atoms with Crippen molar-refractivity contribution >= 4 is 17.7 Å². The third kappa shape index (κ3) is 20.6. The van der Waals surface area contributed by atoms with E-state index in [-0.39, 0.29) is 11.2 Å². The molecule has 1 unspecified atom stereocenters. The molecule has 0 N–H and O–H groups in total. The SMILES string of the molecule is CCCCCCCCCCCCCCCCCCSC(C)C(=O)OCCCC. The van der Waals surface area contributed by atoms with Gasteiger partial charge in [0.2, 0.25) is 0 Å². The molecule has 0 aromatic heterocycles. The Hall–Kier alpha value is -0.180. The Labute approximate surface area is 181 Å². The molecule has 0 spiro atoms. The first-order chi connectivity index (χ1) is 13.7. The third-order valence-electron chi connectivity index (χ3n) is 5.44. The van der Waals surface area contributed by atoms with Crippen LogP contribution in [0.5, 0.6) is 0 Å². The van der Waals surface area contributed by atoms with E-state index in [9.17, 15) is 4.79 Å². The quantitative estimate of drug-likeness (QED) is 0.131. The lowest BCUT2D eigenvalue weighted by atomic mass is 10.0. The molecular weight excluding hydrogens is 364 g/mol. The minimum atomic E-state index is -0.0325. The minimum absolute atomic E-state index is 0.00630. The molecule has 0 aromatic rings. The lowest BCUT2D eigenvalue weighted by Gasteiger charge is -2.10. The number of unbranched alkanes of at least 4 members (excludes halogenated alkanes) is 16.